The molecule has 0 aliphatic carbocycles. The van der Waals surface area contributed by atoms with Gasteiger partial charge in [-0.1, -0.05) is 0 Å². The van der Waals surface area contributed by atoms with Crippen molar-refractivity contribution in [1.29, 1.82) is 0 Å². The van der Waals surface area contributed by atoms with Gasteiger partial charge in [-0.05, 0) is 0 Å². The van der Waals surface area contributed by atoms with E-state index in [1.54, 1.807) is 6.20 Å². The number of nitrogens with zero attached hydrogens (tertiary/aromatic N) is 2. The first-order valence-electron chi connectivity index (χ1n) is 8.63. The standard InChI is InChI=1S/C20H23AsN3O2/c1-4-14-7-5-6-12(2)16(14)9-21-17-8-15(19(22)26)10-24-18(11-25)13(3)23-20(17)24/h5-8,10,25H,4,9,11H2,1-3H3,(H2,22,26). The third-order valence-corrected chi connectivity index (χ3v) is 7.13. The van der Waals surface area contributed by atoms with Gasteiger partial charge in [-0.3, -0.25) is 0 Å². The summed E-state index contributed by atoms with van der Waals surface area (Å²) < 4.78 is 2.88. The molecule has 1 aromatic carbocycles. The number of rotatable bonds is 6. The van der Waals surface area contributed by atoms with Gasteiger partial charge in [-0.25, -0.2) is 0 Å². The van der Waals surface area contributed by atoms with Crippen molar-refractivity contribution >= 4 is 31.7 Å². The Kier molecular flexibility index (Phi) is 5.49. The van der Waals surface area contributed by atoms with Gasteiger partial charge in [-0.15, -0.1) is 0 Å². The molecule has 3 rings (SSSR count). The molecular weight excluding hydrogens is 389 g/mol. The molecule has 0 fully saturated rings. The number of benzene rings is 1. The molecule has 0 saturated carbocycles. The van der Waals surface area contributed by atoms with E-state index >= 15 is 0 Å². The van der Waals surface area contributed by atoms with Crippen molar-refractivity contribution < 1.29 is 9.90 Å². The number of aromatic nitrogens is 2. The summed E-state index contributed by atoms with van der Waals surface area (Å²) in [7, 11) is 0. The summed E-state index contributed by atoms with van der Waals surface area (Å²) in [6, 6.07) is 8.30. The van der Waals surface area contributed by atoms with Crippen molar-refractivity contribution in [2.45, 2.75) is 39.0 Å². The van der Waals surface area contributed by atoms with E-state index < -0.39 is 5.91 Å². The molecule has 3 N–H and O–H groups in total. The molecule has 2 heterocycles. The molecular formula is C20H23AsN3O2. The van der Waals surface area contributed by atoms with Crippen LogP contribution in [-0.4, -0.2) is 36.2 Å². The van der Waals surface area contributed by atoms with E-state index in [4.69, 9.17) is 5.73 Å². The van der Waals surface area contributed by atoms with Crippen LogP contribution in [-0.2, 0) is 18.2 Å². The summed E-state index contributed by atoms with van der Waals surface area (Å²) in [6.45, 7) is 6.07. The third-order valence-electron chi connectivity index (χ3n) is 4.73. The van der Waals surface area contributed by atoms with Crippen LogP contribution in [0.4, 0.5) is 0 Å². The van der Waals surface area contributed by atoms with Crippen LogP contribution in [0.3, 0.4) is 0 Å². The summed E-state index contributed by atoms with van der Waals surface area (Å²) in [5.74, 6) is -0.463. The van der Waals surface area contributed by atoms with Crippen LogP contribution in [0.5, 0.6) is 0 Å². The number of primary amides is 1. The van der Waals surface area contributed by atoms with Crippen LogP contribution < -0.4 is 10.1 Å². The van der Waals surface area contributed by atoms with Crippen molar-refractivity contribution in [3.8, 4) is 0 Å². The molecule has 1 amide bonds. The van der Waals surface area contributed by atoms with Crippen molar-refractivity contribution in [2.75, 3.05) is 0 Å². The zero-order chi connectivity index (χ0) is 18.8. The first-order valence-corrected chi connectivity index (χ1v) is 10.9. The Morgan fingerprint density at radius 1 is 1.35 bits per heavy atom. The van der Waals surface area contributed by atoms with Crippen LogP contribution >= 0.6 is 0 Å². The summed E-state index contributed by atoms with van der Waals surface area (Å²) in [4.78, 5) is 16.4. The van der Waals surface area contributed by atoms with E-state index in [1.807, 2.05) is 17.4 Å². The maximum absolute atomic E-state index is 11.8. The Balaban J connectivity index is 2.06. The number of aliphatic hydroxyl groups excluding tert-OH is 1. The molecule has 2 aromatic heterocycles. The first-order chi connectivity index (χ1) is 12.5. The Hall–Kier alpha value is -2.10. The van der Waals surface area contributed by atoms with Crippen molar-refractivity contribution in [2.24, 2.45) is 5.73 Å². The maximum atomic E-state index is 11.8. The predicted molar refractivity (Wildman–Crippen MR) is 104 cm³/mol. The quantitative estimate of drug-likeness (QED) is 0.604. The van der Waals surface area contributed by atoms with Crippen molar-refractivity contribution in [1.82, 2.24) is 9.38 Å². The fourth-order valence-corrected chi connectivity index (χ4v) is 5.96. The molecule has 3 aromatic rings. The zero-order valence-electron chi connectivity index (χ0n) is 15.3. The number of hydrogen-bond donors (Lipinski definition) is 2. The van der Waals surface area contributed by atoms with E-state index in [0.29, 0.717) is 11.3 Å². The van der Waals surface area contributed by atoms with Gasteiger partial charge in [0.1, 0.15) is 0 Å². The van der Waals surface area contributed by atoms with E-state index in [9.17, 15) is 9.90 Å². The molecule has 26 heavy (non-hydrogen) atoms. The molecule has 0 aliphatic rings. The van der Waals surface area contributed by atoms with Crippen LogP contribution in [0.1, 0.15) is 45.4 Å². The SMILES string of the molecule is CCc1cccc(C)c1C[As]c1cc(C(N)=O)cn2c(CO)c(C)nc12. The zero-order valence-corrected chi connectivity index (χ0v) is 17.2. The summed E-state index contributed by atoms with van der Waals surface area (Å²) in [5.41, 5.74) is 12.4. The second-order valence-corrected chi connectivity index (χ2v) is 8.69. The number of aryl methyl sites for hydroxylation is 3. The number of hydrogen-bond acceptors (Lipinski definition) is 3. The number of pyridine rings is 1. The Bertz CT molecular complexity index is 979. The molecule has 0 atom stereocenters. The third kappa shape index (κ3) is 3.42. The van der Waals surface area contributed by atoms with Gasteiger partial charge in [0.25, 0.3) is 0 Å². The first kappa shape index (κ1) is 18.7. The van der Waals surface area contributed by atoms with Gasteiger partial charge in [0.15, 0.2) is 0 Å². The van der Waals surface area contributed by atoms with Crippen molar-refractivity contribution in [3.63, 3.8) is 0 Å². The van der Waals surface area contributed by atoms with E-state index in [2.05, 4.69) is 37.0 Å². The second-order valence-electron chi connectivity index (χ2n) is 6.36. The average Bonchev–Trinajstić information content (AvgIpc) is 2.95. The second kappa shape index (κ2) is 7.65. The topological polar surface area (TPSA) is 80.6 Å². The average molecular weight is 412 g/mol. The van der Waals surface area contributed by atoms with Crippen LogP contribution in [0, 0.1) is 13.8 Å². The normalized spacial score (nSPS) is 11.7. The van der Waals surface area contributed by atoms with E-state index in [1.165, 1.54) is 16.7 Å². The summed E-state index contributed by atoms with van der Waals surface area (Å²) in [6.07, 6.45) is 2.69. The molecule has 5 nitrogen and oxygen atoms in total. The van der Waals surface area contributed by atoms with Gasteiger partial charge >= 0.3 is 160 Å². The van der Waals surface area contributed by atoms with E-state index in [-0.39, 0.29) is 22.4 Å². The molecule has 0 aliphatic heterocycles. The minimum absolute atomic E-state index is 0.122. The molecule has 1 radical (unpaired) electrons. The fraction of sp³-hybridized carbons (Fsp3) is 0.300. The van der Waals surface area contributed by atoms with Gasteiger partial charge in [-0.2, -0.15) is 0 Å². The predicted octanol–water partition coefficient (Wildman–Crippen LogP) is 1.63. The summed E-state index contributed by atoms with van der Waals surface area (Å²) >= 11 is -0.241. The molecule has 0 bridgehead atoms. The number of amides is 1. The van der Waals surface area contributed by atoms with Gasteiger partial charge in [0, 0.05) is 0 Å². The monoisotopic (exact) mass is 412 g/mol. The molecule has 135 valence electrons. The van der Waals surface area contributed by atoms with Crippen LogP contribution in [0.15, 0.2) is 30.5 Å². The minimum atomic E-state index is -0.463. The summed E-state index contributed by atoms with van der Waals surface area (Å²) in [5, 5.41) is 10.6. The number of aliphatic hydroxyl groups is 1. The Morgan fingerprint density at radius 2 is 2.12 bits per heavy atom. The Labute approximate surface area is 159 Å². The van der Waals surface area contributed by atoms with Crippen molar-refractivity contribution in [3.05, 3.63) is 64.1 Å². The number of fused-ring (bicyclic) bond motifs is 1. The molecule has 0 saturated heterocycles. The van der Waals surface area contributed by atoms with Gasteiger partial charge < -0.3 is 0 Å². The fourth-order valence-electron chi connectivity index (χ4n) is 3.21. The number of carbonyl (C=O) groups is 1. The number of nitrogens with two attached hydrogens (primary N) is 1. The van der Waals surface area contributed by atoms with Crippen LogP contribution in [0.25, 0.3) is 5.65 Å². The van der Waals surface area contributed by atoms with E-state index in [0.717, 1.165) is 27.3 Å². The molecule has 0 spiro atoms. The number of carbonyl (C=O) groups excluding carboxylic acids is 1. The Morgan fingerprint density at radius 3 is 2.77 bits per heavy atom. The molecule has 6 heteroatoms. The van der Waals surface area contributed by atoms with Gasteiger partial charge in [0.2, 0.25) is 0 Å². The molecule has 0 unspecified atom stereocenters. The number of imidazole rings is 1. The van der Waals surface area contributed by atoms with Crippen LogP contribution in [0.2, 0.25) is 0 Å². The van der Waals surface area contributed by atoms with Gasteiger partial charge in [0.05, 0.1) is 0 Å².